The lowest BCUT2D eigenvalue weighted by Gasteiger charge is -2.43. The Hall–Kier alpha value is -1.85. The summed E-state index contributed by atoms with van der Waals surface area (Å²) in [6.07, 6.45) is 3.12. The van der Waals surface area contributed by atoms with Crippen molar-refractivity contribution < 1.29 is 14.6 Å². The molecule has 0 aliphatic carbocycles. The van der Waals surface area contributed by atoms with Gasteiger partial charge < -0.3 is 14.4 Å². The Balaban J connectivity index is 1.84. The fourth-order valence-electron chi connectivity index (χ4n) is 5.36. The standard InChI is InChI=1S/C22H30N2O3/c1-4-22(26)12-15-11-18(21(25)27-3)20-17(9-10-24(13-15)14-22)16-7-5-6-8-19(16)23(20)2/h5-8,15,18,26H,4,9-14H2,1-3H3. The first kappa shape index (κ1) is 18.5. The van der Waals surface area contributed by atoms with Gasteiger partial charge in [-0.2, -0.15) is 0 Å². The summed E-state index contributed by atoms with van der Waals surface area (Å²) in [6, 6.07) is 8.40. The lowest BCUT2D eigenvalue weighted by molar-refractivity contribution is -0.143. The van der Waals surface area contributed by atoms with E-state index in [9.17, 15) is 9.90 Å². The number of para-hydroxylation sites is 1. The number of esters is 1. The predicted molar refractivity (Wildman–Crippen MR) is 106 cm³/mol. The fraction of sp³-hybridized carbons (Fsp3) is 0.591. The highest BCUT2D eigenvalue weighted by Crippen LogP contribution is 2.40. The summed E-state index contributed by atoms with van der Waals surface area (Å²) >= 11 is 0. The molecule has 1 aromatic carbocycles. The van der Waals surface area contributed by atoms with Crippen LogP contribution in [-0.2, 0) is 23.0 Å². The van der Waals surface area contributed by atoms with Crippen molar-refractivity contribution in [2.75, 3.05) is 26.7 Å². The minimum absolute atomic E-state index is 0.166. The van der Waals surface area contributed by atoms with Crippen LogP contribution in [0.15, 0.2) is 24.3 Å². The van der Waals surface area contributed by atoms with Crippen LogP contribution in [0.4, 0.5) is 0 Å². The topological polar surface area (TPSA) is 54.7 Å². The Bertz CT molecular complexity index is 859. The Labute approximate surface area is 160 Å². The molecule has 4 rings (SSSR count). The number of fused-ring (bicyclic) bond motifs is 5. The highest BCUT2D eigenvalue weighted by Gasteiger charge is 2.41. The maximum Gasteiger partial charge on any atom is 0.314 e. The van der Waals surface area contributed by atoms with Gasteiger partial charge in [0.25, 0.3) is 0 Å². The van der Waals surface area contributed by atoms with Crippen molar-refractivity contribution in [3.8, 4) is 0 Å². The highest BCUT2D eigenvalue weighted by atomic mass is 16.5. The first-order valence-electron chi connectivity index (χ1n) is 10.0. The third-order valence-corrected chi connectivity index (χ3v) is 6.68. The molecule has 1 saturated heterocycles. The van der Waals surface area contributed by atoms with Crippen LogP contribution >= 0.6 is 0 Å². The molecule has 5 nitrogen and oxygen atoms in total. The van der Waals surface area contributed by atoms with Crippen molar-refractivity contribution in [2.45, 2.75) is 44.1 Å². The van der Waals surface area contributed by atoms with Crippen LogP contribution in [0.2, 0.25) is 0 Å². The second-order valence-electron chi connectivity index (χ2n) is 8.38. The van der Waals surface area contributed by atoms with Crippen molar-refractivity contribution in [3.63, 3.8) is 0 Å². The van der Waals surface area contributed by atoms with E-state index >= 15 is 0 Å². The third-order valence-electron chi connectivity index (χ3n) is 6.68. The molecule has 146 valence electrons. The van der Waals surface area contributed by atoms with Gasteiger partial charge in [0.1, 0.15) is 0 Å². The number of aliphatic hydroxyl groups is 1. The second kappa shape index (κ2) is 6.95. The van der Waals surface area contributed by atoms with E-state index in [-0.39, 0.29) is 17.8 Å². The van der Waals surface area contributed by atoms with Gasteiger partial charge in [0, 0.05) is 43.3 Å². The summed E-state index contributed by atoms with van der Waals surface area (Å²) in [6.45, 7) is 4.64. The molecule has 0 amide bonds. The van der Waals surface area contributed by atoms with E-state index in [1.807, 2.05) is 0 Å². The number of nitrogens with zero attached hydrogens (tertiary/aromatic N) is 2. The number of methoxy groups -OCH3 is 1. The minimum atomic E-state index is -0.651. The number of aryl methyl sites for hydroxylation is 1. The van der Waals surface area contributed by atoms with Gasteiger partial charge in [-0.25, -0.2) is 0 Å². The average Bonchev–Trinajstić information content (AvgIpc) is 2.97. The van der Waals surface area contributed by atoms with Gasteiger partial charge in [-0.05, 0) is 43.2 Å². The van der Waals surface area contributed by atoms with Crippen LogP contribution in [0, 0.1) is 5.92 Å². The number of benzene rings is 1. The zero-order chi connectivity index (χ0) is 19.2. The van der Waals surface area contributed by atoms with Crippen LogP contribution in [0.5, 0.6) is 0 Å². The Morgan fingerprint density at radius 2 is 2.15 bits per heavy atom. The normalized spacial score (nSPS) is 30.9. The van der Waals surface area contributed by atoms with Crippen molar-refractivity contribution >= 4 is 16.9 Å². The largest absolute Gasteiger partial charge is 0.469 e. The predicted octanol–water partition coefficient (Wildman–Crippen LogP) is 2.84. The maximum atomic E-state index is 12.8. The molecule has 2 aromatic rings. The lowest BCUT2D eigenvalue weighted by Crippen LogP contribution is -2.51. The average molecular weight is 370 g/mol. The number of hydrogen-bond donors (Lipinski definition) is 1. The molecule has 27 heavy (non-hydrogen) atoms. The number of carbonyl (C=O) groups is 1. The molecule has 2 aliphatic heterocycles. The van der Waals surface area contributed by atoms with Crippen LogP contribution in [0.25, 0.3) is 10.9 Å². The monoisotopic (exact) mass is 370 g/mol. The quantitative estimate of drug-likeness (QED) is 0.826. The summed E-state index contributed by atoms with van der Waals surface area (Å²) in [5, 5.41) is 12.2. The number of aromatic nitrogens is 1. The second-order valence-corrected chi connectivity index (χ2v) is 8.38. The summed E-state index contributed by atoms with van der Waals surface area (Å²) in [5.41, 5.74) is 2.87. The van der Waals surface area contributed by atoms with Crippen molar-refractivity contribution in [1.82, 2.24) is 9.47 Å². The van der Waals surface area contributed by atoms with Crippen molar-refractivity contribution in [2.24, 2.45) is 13.0 Å². The van der Waals surface area contributed by atoms with Crippen molar-refractivity contribution in [3.05, 3.63) is 35.5 Å². The lowest BCUT2D eigenvalue weighted by atomic mass is 9.79. The summed E-state index contributed by atoms with van der Waals surface area (Å²) in [7, 11) is 3.54. The first-order chi connectivity index (χ1) is 13.0. The Morgan fingerprint density at radius 3 is 2.89 bits per heavy atom. The highest BCUT2D eigenvalue weighted by molar-refractivity contribution is 5.89. The number of ether oxygens (including phenoxy) is 1. The molecule has 4 unspecified atom stereocenters. The van der Waals surface area contributed by atoms with E-state index in [1.54, 1.807) is 0 Å². The molecule has 0 spiro atoms. The zero-order valence-electron chi connectivity index (χ0n) is 16.6. The van der Waals surface area contributed by atoms with Gasteiger partial charge in [-0.3, -0.25) is 9.69 Å². The molecule has 1 N–H and O–H groups in total. The molecule has 3 heterocycles. The number of hydrogen-bond acceptors (Lipinski definition) is 4. The van der Waals surface area contributed by atoms with Crippen molar-refractivity contribution in [1.29, 1.82) is 0 Å². The summed E-state index contributed by atoms with van der Waals surface area (Å²) in [4.78, 5) is 15.2. The van der Waals surface area contributed by atoms with Crippen LogP contribution in [-0.4, -0.2) is 52.9 Å². The van der Waals surface area contributed by atoms with E-state index in [0.29, 0.717) is 0 Å². The summed E-state index contributed by atoms with van der Waals surface area (Å²) in [5.74, 6) is -0.162. The van der Waals surface area contributed by atoms with E-state index in [1.165, 1.54) is 23.6 Å². The van der Waals surface area contributed by atoms with Gasteiger partial charge in [-0.1, -0.05) is 25.1 Å². The zero-order valence-corrected chi connectivity index (χ0v) is 16.6. The van der Waals surface area contributed by atoms with E-state index in [0.717, 1.165) is 51.0 Å². The molecule has 0 radical (unpaired) electrons. The van der Waals surface area contributed by atoms with E-state index in [4.69, 9.17) is 4.74 Å². The van der Waals surface area contributed by atoms with E-state index < -0.39 is 5.60 Å². The third kappa shape index (κ3) is 3.17. The SMILES string of the molecule is CCC1(O)CC2CC(C(=O)OC)c3c(c4ccccc4n3C)CCN(C2)C1. The number of rotatable bonds is 2. The van der Waals surface area contributed by atoms with Crippen LogP contribution in [0.3, 0.4) is 0 Å². The molecular formula is C22H30N2O3. The molecule has 4 atom stereocenters. The molecule has 2 aliphatic rings. The van der Waals surface area contributed by atoms with Gasteiger partial charge in [0.15, 0.2) is 0 Å². The molecule has 0 saturated carbocycles. The summed E-state index contributed by atoms with van der Waals surface area (Å²) < 4.78 is 7.41. The maximum absolute atomic E-state index is 12.8. The molecule has 2 bridgehead atoms. The number of carbonyl (C=O) groups excluding carboxylic acids is 1. The van der Waals surface area contributed by atoms with Gasteiger partial charge in [0.05, 0.1) is 18.6 Å². The van der Waals surface area contributed by atoms with Gasteiger partial charge >= 0.3 is 5.97 Å². The minimum Gasteiger partial charge on any atom is -0.469 e. The van der Waals surface area contributed by atoms with Gasteiger partial charge in [0.2, 0.25) is 0 Å². The van der Waals surface area contributed by atoms with Gasteiger partial charge in [-0.15, -0.1) is 0 Å². The number of piperidine rings is 1. The van der Waals surface area contributed by atoms with E-state index in [2.05, 4.69) is 47.7 Å². The molecule has 1 fully saturated rings. The molecule has 5 heteroatoms. The van der Waals surface area contributed by atoms with Crippen LogP contribution < -0.4 is 0 Å². The fourth-order valence-corrected chi connectivity index (χ4v) is 5.36. The first-order valence-corrected chi connectivity index (χ1v) is 10.0. The Kier molecular flexibility index (Phi) is 4.77. The Morgan fingerprint density at radius 1 is 1.37 bits per heavy atom. The molecule has 1 aromatic heterocycles. The smallest absolute Gasteiger partial charge is 0.314 e. The van der Waals surface area contributed by atoms with Crippen LogP contribution in [0.1, 0.15) is 43.4 Å². The molecular weight excluding hydrogens is 340 g/mol.